The lowest BCUT2D eigenvalue weighted by atomic mass is 10.1. The second kappa shape index (κ2) is 14.8. The number of methoxy groups -OCH3 is 1. The van der Waals surface area contributed by atoms with Crippen LogP contribution in [0.1, 0.15) is 25.7 Å². The van der Waals surface area contributed by atoms with E-state index >= 15 is 0 Å². The molecule has 0 unspecified atom stereocenters. The van der Waals surface area contributed by atoms with Gasteiger partial charge < -0.3 is 25.8 Å². The molecule has 35 heavy (non-hydrogen) atoms. The van der Waals surface area contributed by atoms with E-state index in [0.717, 1.165) is 11.8 Å². The second-order valence-corrected chi connectivity index (χ2v) is 10.5. The molecular weight excluding hydrogens is 476 g/mol. The van der Waals surface area contributed by atoms with Gasteiger partial charge in [0.25, 0.3) is 0 Å². The summed E-state index contributed by atoms with van der Waals surface area (Å²) in [4.78, 5) is 36.7. The van der Waals surface area contributed by atoms with E-state index in [2.05, 4.69) is 29.1 Å². The van der Waals surface area contributed by atoms with E-state index < -0.39 is 34.0 Å². The second-order valence-electron chi connectivity index (χ2n) is 8.48. The maximum atomic E-state index is 12.4. The van der Waals surface area contributed by atoms with Crippen LogP contribution in [0.2, 0.25) is 0 Å². The summed E-state index contributed by atoms with van der Waals surface area (Å²) in [5, 5.41) is 18.0. The summed E-state index contributed by atoms with van der Waals surface area (Å²) < 4.78 is 29.8. The molecular formula is C23H38N4O7S. The minimum Gasteiger partial charge on any atom is -0.391 e. The quantitative estimate of drug-likeness (QED) is 0.214. The van der Waals surface area contributed by atoms with E-state index in [9.17, 15) is 27.9 Å². The predicted molar refractivity (Wildman–Crippen MR) is 133 cm³/mol. The summed E-state index contributed by atoms with van der Waals surface area (Å²) in [7, 11) is -0.521. The minimum atomic E-state index is -3.33. The standard InChI is InChI=1S/C23H38N4O7S/c1-6-8-16(7-2)13-24-21(29)15-26-23(31)20(34-4)12-19(28)14-25-22(30)17-9-10-18(11-17)27(3)35(5,32)33/h6-8,17-20,28H,1-2,9-15H2,3-5H3,(H,24,29)(H,25,30)(H,26,31)/b16-8+/t17-,18+,19-,20+/m0/s1. The number of allylic oxidation sites excluding steroid dienone is 2. The molecule has 0 spiro atoms. The Bertz CT molecular complexity index is 904. The molecule has 0 aromatic rings. The topological polar surface area (TPSA) is 154 Å². The largest absolute Gasteiger partial charge is 0.391 e. The van der Waals surface area contributed by atoms with Gasteiger partial charge in [-0.1, -0.05) is 31.4 Å². The van der Waals surface area contributed by atoms with Crippen LogP contribution in [0, 0.1) is 5.92 Å². The average molecular weight is 515 g/mol. The summed E-state index contributed by atoms with van der Waals surface area (Å²) in [5.74, 6) is -1.59. The van der Waals surface area contributed by atoms with Gasteiger partial charge in [-0.3, -0.25) is 14.4 Å². The molecule has 0 saturated heterocycles. The molecule has 4 N–H and O–H groups in total. The van der Waals surface area contributed by atoms with Crippen molar-refractivity contribution in [2.24, 2.45) is 5.92 Å². The van der Waals surface area contributed by atoms with Crippen molar-refractivity contribution < 1.29 is 32.6 Å². The fourth-order valence-corrected chi connectivity index (χ4v) is 4.43. The van der Waals surface area contributed by atoms with Gasteiger partial charge in [-0.2, -0.15) is 0 Å². The van der Waals surface area contributed by atoms with Gasteiger partial charge in [-0.15, -0.1) is 0 Å². The molecule has 0 aromatic carbocycles. The number of nitrogens with one attached hydrogen (secondary N) is 3. The van der Waals surface area contributed by atoms with Gasteiger partial charge in [-0.25, -0.2) is 12.7 Å². The highest BCUT2D eigenvalue weighted by atomic mass is 32.2. The van der Waals surface area contributed by atoms with Crippen LogP contribution in [-0.4, -0.2) is 93.8 Å². The number of aliphatic hydroxyl groups excluding tert-OH is 1. The van der Waals surface area contributed by atoms with Crippen molar-refractivity contribution in [3.05, 3.63) is 37.0 Å². The average Bonchev–Trinajstić information content (AvgIpc) is 3.31. The first-order valence-corrected chi connectivity index (χ1v) is 13.2. The SMILES string of the molecule is C=C/C=C(\C=C)CNC(=O)CNC(=O)[C@@H](C[C@H](O)CNC(=O)[C@H]1CC[C@@H](N(C)S(C)(=O)=O)C1)OC. The number of carbonyl (C=O) groups is 3. The Morgan fingerprint density at radius 3 is 2.43 bits per heavy atom. The molecule has 4 atom stereocenters. The number of hydrogen-bond acceptors (Lipinski definition) is 7. The monoisotopic (exact) mass is 514 g/mol. The van der Waals surface area contributed by atoms with E-state index in [1.54, 1.807) is 18.2 Å². The third-order valence-corrected chi connectivity index (χ3v) is 7.24. The maximum absolute atomic E-state index is 12.4. The van der Waals surface area contributed by atoms with Crippen molar-refractivity contribution in [3.8, 4) is 0 Å². The van der Waals surface area contributed by atoms with Crippen LogP contribution in [-0.2, 0) is 29.1 Å². The number of carbonyl (C=O) groups excluding carboxylic acids is 3. The number of hydrogen-bond donors (Lipinski definition) is 4. The fraction of sp³-hybridized carbons (Fsp3) is 0.609. The molecule has 0 aliphatic heterocycles. The Balaban J connectivity index is 2.42. The van der Waals surface area contributed by atoms with Gasteiger partial charge in [0.2, 0.25) is 27.7 Å². The molecule has 1 aliphatic carbocycles. The Morgan fingerprint density at radius 2 is 1.86 bits per heavy atom. The lowest BCUT2D eigenvalue weighted by Gasteiger charge is -2.22. The highest BCUT2D eigenvalue weighted by molar-refractivity contribution is 7.88. The van der Waals surface area contributed by atoms with Crippen LogP contribution in [0.25, 0.3) is 0 Å². The molecule has 0 bridgehead atoms. The molecule has 11 nitrogen and oxygen atoms in total. The van der Waals surface area contributed by atoms with Crippen LogP contribution >= 0.6 is 0 Å². The van der Waals surface area contributed by atoms with Crippen LogP contribution in [0.15, 0.2) is 37.0 Å². The lowest BCUT2D eigenvalue weighted by Crippen LogP contribution is -2.45. The first-order valence-electron chi connectivity index (χ1n) is 11.3. The molecule has 0 aromatic heterocycles. The van der Waals surface area contributed by atoms with Crippen molar-refractivity contribution >= 4 is 27.7 Å². The zero-order valence-electron chi connectivity index (χ0n) is 20.7. The molecule has 3 amide bonds. The smallest absolute Gasteiger partial charge is 0.249 e. The fourth-order valence-electron chi connectivity index (χ4n) is 3.70. The van der Waals surface area contributed by atoms with Crippen molar-refractivity contribution in [1.29, 1.82) is 0 Å². The number of aliphatic hydroxyl groups is 1. The van der Waals surface area contributed by atoms with Crippen molar-refractivity contribution in [2.75, 3.05) is 40.0 Å². The molecule has 198 valence electrons. The summed E-state index contributed by atoms with van der Waals surface area (Å²) in [6, 6.07) is -0.231. The summed E-state index contributed by atoms with van der Waals surface area (Å²) in [6.45, 7) is 7.09. The first-order chi connectivity index (χ1) is 16.4. The van der Waals surface area contributed by atoms with Gasteiger partial charge in [0.1, 0.15) is 6.10 Å². The molecule has 1 rings (SSSR count). The first kappa shape index (κ1) is 30.5. The molecule has 0 heterocycles. The van der Waals surface area contributed by atoms with Gasteiger partial charge in [-0.05, 0) is 24.8 Å². The van der Waals surface area contributed by atoms with Gasteiger partial charge in [0.05, 0.1) is 18.9 Å². The third-order valence-electron chi connectivity index (χ3n) is 5.90. The van der Waals surface area contributed by atoms with E-state index in [4.69, 9.17) is 4.74 Å². The number of ether oxygens (including phenoxy) is 1. The Hall–Kier alpha value is -2.54. The zero-order valence-corrected chi connectivity index (χ0v) is 21.5. The van der Waals surface area contributed by atoms with Crippen molar-refractivity contribution in [1.82, 2.24) is 20.3 Å². The Morgan fingerprint density at radius 1 is 1.17 bits per heavy atom. The molecule has 12 heteroatoms. The molecule has 1 aliphatic rings. The Labute approximate surface area is 207 Å². The molecule has 0 radical (unpaired) electrons. The third kappa shape index (κ3) is 10.7. The van der Waals surface area contributed by atoms with Gasteiger partial charge in [0.15, 0.2) is 0 Å². The maximum Gasteiger partial charge on any atom is 0.249 e. The summed E-state index contributed by atoms with van der Waals surface area (Å²) in [6.07, 6.45) is 5.38. The summed E-state index contributed by atoms with van der Waals surface area (Å²) in [5.41, 5.74) is 0.759. The van der Waals surface area contributed by atoms with E-state index in [1.165, 1.54) is 18.5 Å². The van der Waals surface area contributed by atoms with Crippen LogP contribution < -0.4 is 16.0 Å². The van der Waals surface area contributed by atoms with Crippen LogP contribution in [0.4, 0.5) is 0 Å². The van der Waals surface area contributed by atoms with Gasteiger partial charge >= 0.3 is 0 Å². The number of rotatable bonds is 15. The molecule has 1 fully saturated rings. The van der Waals surface area contributed by atoms with E-state index in [-0.39, 0.29) is 43.9 Å². The van der Waals surface area contributed by atoms with E-state index in [0.29, 0.717) is 19.3 Å². The highest BCUT2D eigenvalue weighted by Crippen LogP contribution is 2.30. The number of amides is 3. The lowest BCUT2D eigenvalue weighted by molar-refractivity contribution is -0.134. The van der Waals surface area contributed by atoms with Crippen molar-refractivity contribution in [2.45, 2.75) is 43.9 Å². The normalized spacial score (nSPS) is 20.1. The van der Waals surface area contributed by atoms with E-state index in [1.807, 2.05) is 0 Å². The van der Waals surface area contributed by atoms with Crippen molar-refractivity contribution in [3.63, 3.8) is 0 Å². The predicted octanol–water partition coefficient (Wildman–Crippen LogP) is -0.540. The highest BCUT2D eigenvalue weighted by Gasteiger charge is 2.35. The zero-order chi connectivity index (χ0) is 26.6. The minimum absolute atomic E-state index is 0.0863. The Kier molecular flexibility index (Phi) is 12.9. The number of sulfonamides is 1. The number of nitrogens with zero attached hydrogens (tertiary/aromatic N) is 1. The van der Waals surface area contributed by atoms with Crippen LogP contribution in [0.5, 0.6) is 0 Å². The van der Waals surface area contributed by atoms with Crippen LogP contribution in [0.3, 0.4) is 0 Å². The van der Waals surface area contributed by atoms with Gasteiger partial charge in [0, 0.05) is 45.6 Å². The molecule has 1 saturated carbocycles. The summed E-state index contributed by atoms with van der Waals surface area (Å²) >= 11 is 0.